The molecular formula is C7H5FOS. The van der Waals surface area contributed by atoms with Gasteiger partial charge >= 0.3 is 0 Å². The maximum Gasteiger partial charge on any atom is 0.151 e. The lowest BCUT2D eigenvalue weighted by atomic mass is 10.3. The highest BCUT2D eigenvalue weighted by atomic mass is 32.1. The second-order valence-electron chi connectivity index (χ2n) is 1.70. The highest BCUT2D eigenvalue weighted by Crippen LogP contribution is 2.21. The standard InChI is InChI=1S/C7H5FOS/c1-2-6(9)7-5(8)3-4-10-7/h1,3-4,6,9H. The van der Waals surface area contributed by atoms with Gasteiger partial charge in [0, 0.05) is 0 Å². The molecule has 1 aromatic rings. The molecule has 0 spiro atoms. The molecule has 0 aliphatic heterocycles. The minimum absolute atomic E-state index is 0.211. The summed E-state index contributed by atoms with van der Waals surface area (Å²) in [7, 11) is 0. The van der Waals surface area contributed by atoms with Crippen molar-refractivity contribution < 1.29 is 9.50 Å². The molecule has 0 amide bonds. The zero-order valence-electron chi connectivity index (χ0n) is 5.04. The number of terminal acetylenes is 1. The molecule has 0 aliphatic carbocycles. The lowest BCUT2D eigenvalue weighted by Crippen LogP contribution is -1.91. The molecule has 1 heterocycles. The maximum absolute atomic E-state index is 12.5. The molecule has 3 heteroatoms. The summed E-state index contributed by atoms with van der Waals surface area (Å²) in [6, 6.07) is 1.28. The van der Waals surface area contributed by atoms with Gasteiger partial charge in [-0.15, -0.1) is 17.8 Å². The lowest BCUT2D eigenvalue weighted by Gasteiger charge is -1.96. The summed E-state index contributed by atoms with van der Waals surface area (Å²) in [5, 5.41) is 10.5. The number of rotatable bonds is 1. The Kier molecular flexibility index (Phi) is 2.05. The normalized spacial score (nSPS) is 12.5. The van der Waals surface area contributed by atoms with E-state index in [2.05, 4.69) is 0 Å². The fraction of sp³-hybridized carbons (Fsp3) is 0.143. The first-order valence-electron chi connectivity index (χ1n) is 2.63. The third-order valence-electron chi connectivity index (χ3n) is 1.05. The summed E-state index contributed by atoms with van der Waals surface area (Å²) in [5.74, 6) is 1.60. The van der Waals surface area contributed by atoms with Crippen LogP contribution in [0.3, 0.4) is 0 Å². The minimum Gasteiger partial charge on any atom is -0.375 e. The minimum atomic E-state index is -1.10. The Morgan fingerprint density at radius 2 is 2.50 bits per heavy atom. The van der Waals surface area contributed by atoms with Gasteiger partial charge in [-0.25, -0.2) is 4.39 Å². The summed E-state index contributed by atoms with van der Waals surface area (Å²) >= 11 is 1.11. The predicted molar refractivity (Wildman–Crippen MR) is 38.1 cm³/mol. The van der Waals surface area contributed by atoms with Crippen LogP contribution in [0.4, 0.5) is 4.39 Å². The largest absolute Gasteiger partial charge is 0.375 e. The van der Waals surface area contributed by atoms with Crippen molar-refractivity contribution >= 4 is 11.3 Å². The molecule has 0 fully saturated rings. The van der Waals surface area contributed by atoms with Gasteiger partial charge in [-0.2, -0.15) is 0 Å². The van der Waals surface area contributed by atoms with Crippen LogP contribution in [0.15, 0.2) is 11.4 Å². The van der Waals surface area contributed by atoms with Crippen LogP contribution in [0.1, 0.15) is 11.0 Å². The Hall–Kier alpha value is -0.850. The van der Waals surface area contributed by atoms with E-state index in [1.54, 1.807) is 5.38 Å². The van der Waals surface area contributed by atoms with Gasteiger partial charge in [-0.3, -0.25) is 0 Å². The molecule has 0 radical (unpaired) electrons. The first-order chi connectivity index (χ1) is 4.75. The van der Waals surface area contributed by atoms with Crippen LogP contribution < -0.4 is 0 Å². The van der Waals surface area contributed by atoms with Gasteiger partial charge in [0.25, 0.3) is 0 Å². The summed E-state index contributed by atoms with van der Waals surface area (Å²) < 4.78 is 12.5. The molecule has 1 unspecified atom stereocenters. The molecule has 0 aromatic carbocycles. The summed E-state index contributed by atoms with van der Waals surface area (Å²) in [5.41, 5.74) is 0. The van der Waals surface area contributed by atoms with Gasteiger partial charge in [0.2, 0.25) is 0 Å². The van der Waals surface area contributed by atoms with Crippen LogP contribution in [0.2, 0.25) is 0 Å². The maximum atomic E-state index is 12.5. The average molecular weight is 156 g/mol. The highest BCUT2D eigenvalue weighted by molar-refractivity contribution is 7.10. The lowest BCUT2D eigenvalue weighted by molar-refractivity contribution is 0.237. The molecule has 52 valence electrons. The zero-order valence-corrected chi connectivity index (χ0v) is 5.86. The van der Waals surface area contributed by atoms with Crippen LogP contribution in [0.25, 0.3) is 0 Å². The van der Waals surface area contributed by atoms with E-state index < -0.39 is 11.9 Å². The molecule has 1 nitrogen and oxygen atoms in total. The van der Waals surface area contributed by atoms with Crippen molar-refractivity contribution in [1.29, 1.82) is 0 Å². The smallest absolute Gasteiger partial charge is 0.151 e. The zero-order chi connectivity index (χ0) is 7.56. The van der Waals surface area contributed by atoms with Crippen molar-refractivity contribution in [3.8, 4) is 12.3 Å². The van der Waals surface area contributed by atoms with E-state index in [1.165, 1.54) is 6.07 Å². The highest BCUT2D eigenvalue weighted by Gasteiger charge is 2.10. The van der Waals surface area contributed by atoms with E-state index >= 15 is 0 Å². The summed E-state index contributed by atoms with van der Waals surface area (Å²) in [6.07, 6.45) is 3.77. The molecule has 1 aromatic heterocycles. The number of aliphatic hydroxyl groups is 1. The first kappa shape index (κ1) is 7.26. The van der Waals surface area contributed by atoms with Gasteiger partial charge in [0.15, 0.2) is 6.10 Å². The third kappa shape index (κ3) is 1.18. The quantitative estimate of drug-likeness (QED) is 0.612. The molecule has 0 saturated carbocycles. The Bertz CT molecular complexity index is 261. The van der Waals surface area contributed by atoms with E-state index in [-0.39, 0.29) is 4.88 Å². The van der Waals surface area contributed by atoms with Crippen LogP contribution in [-0.4, -0.2) is 5.11 Å². The molecule has 1 rings (SSSR count). The van der Waals surface area contributed by atoms with Crippen molar-refractivity contribution in [2.45, 2.75) is 6.10 Å². The van der Waals surface area contributed by atoms with Crippen LogP contribution in [0.5, 0.6) is 0 Å². The van der Waals surface area contributed by atoms with Crippen molar-refractivity contribution in [1.82, 2.24) is 0 Å². The van der Waals surface area contributed by atoms with E-state index in [4.69, 9.17) is 11.5 Å². The van der Waals surface area contributed by atoms with Crippen molar-refractivity contribution in [3.63, 3.8) is 0 Å². The predicted octanol–water partition coefficient (Wildman–Crippen LogP) is 1.55. The van der Waals surface area contributed by atoms with Gasteiger partial charge in [-0.05, 0) is 11.4 Å². The van der Waals surface area contributed by atoms with Crippen LogP contribution in [-0.2, 0) is 0 Å². The molecular weight excluding hydrogens is 151 g/mol. The number of halogens is 1. The van der Waals surface area contributed by atoms with Gasteiger partial charge in [-0.1, -0.05) is 5.92 Å². The van der Waals surface area contributed by atoms with Crippen LogP contribution in [0, 0.1) is 18.2 Å². The fourth-order valence-electron chi connectivity index (χ4n) is 0.576. The van der Waals surface area contributed by atoms with E-state index in [1.807, 2.05) is 5.92 Å². The van der Waals surface area contributed by atoms with E-state index in [0.717, 1.165) is 11.3 Å². The van der Waals surface area contributed by atoms with E-state index in [0.29, 0.717) is 0 Å². The molecule has 1 atom stereocenters. The molecule has 1 N–H and O–H groups in total. The Morgan fingerprint density at radius 3 is 2.90 bits per heavy atom. The van der Waals surface area contributed by atoms with Crippen molar-refractivity contribution in [2.24, 2.45) is 0 Å². The first-order valence-corrected chi connectivity index (χ1v) is 3.50. The number of hydrogen-bond donors (Lipinski definition) is 1. The number of hydrogen-bond acceptors (Lipinski definition) is 2. The van der Waals surface area contributed by atoms with Crippen molar-refractivity contribution in [3.05, 3.63) is 22.1 Å². The average Bonchev–Trinajstić information content (AvgIpc) is 2.34. The third-order valence-corrected chi connectivity index (χ3v) is 2.00. The summed E-state index contributed by atoms with van der Waals surface area (Å²) in [4.78, 5) is 0.211. The van der Waals surface area contributed by atoms with Gasteiger partial charge in [0.1, 0.15) is 5.82 Å². The Morgan fingerprint density at radius 1 is 1.80 bits per heavy atom. The SMILES string of the molecule is C#CC(O)c1sccc1F. The summed E-state index contributed by atoms with van der Waals surface area (Å²) in [6.45, 7) is 0. The molecule has 0 aliphatic rings. The fourth-order valence-corrected chi connectivity index (χ4v) is 1.29. The second-order valence-corrected chi connectivity index (χ2v) is 2.65. The second kappa shape index (κ2) is 2.82. The Labute approximate surface area is 62.1 Å². The molecule has 10 heavy (non-hydrogen) atoms. The van der Waals surface area contributed by atoms with Gasteiger partial charge in [0.05, 0.1) is 4.88 Å². The molecule has 0 bridgehead atoms. The monoisotopic (exact) mass is 156 g/mol. The van der Waals surface area contributed by atoms with Crippen molar-refractivity contribution in [2.75, 3.05) is 0 Å². The van der Waals surface area contributed by atoms with Gasteiger partial charge < -0.3 is 5.11 Å². The number of aliphatic hydroxyl groups excluding tert-OH is 1. The number of thiophene rings is 1. The Balaban J connectivity index is 2.96. The van der Waals surface area contributed by atoms with E-state index in [9.17, 15) is 4.39 Å². The van der Waals surface area contributed by atoms with Crippen LogP contribution >= 0.6 is 11.3 Å². The molecule has 0 saturated heterocycles. The topological polar surface area (TPSA) is 20.2 Å².